The number of rotatable bonds is 5. The molecule has 0 saturated carbocycles. The summed E-state index contributed by atoms with van der Waals surface area (Å²) >= 11 is 0. The molecule has 1 atom stereocenters. The monoisotopic (exact) mass is 311 g/mol. The predicted molar refractivity (Wildman–Crippen MR) is 81.3 cm³/mol. The van der Waals surface area contributed by atoms with E-state index in [0.29, 0.717) is 6.42 Å². The zero-order valence-corrected chi connectivity index (χ0v) is 13.3. The van der Waals surface area contributed by atoms with Crippen LogP contribution in [0.25, 0.3) is 0 Å². The maximum absolute atomic E-state index is 12.4. The van der Waals surface area contributed by atoms with Gasteiger partial charge in [0, 0.05) is 25.1 Å². The lowest BCUT2D eigenvalue weighted by Crippen LogP contribution is -2.37. The van der Waals surface area contributed by atoms with Gasteiger partial charge in [-0.3, -0.25) is 0 Å². The maximum atomic E-state index is 12.4. The highest BCUT2D eigenvalue weighted by Crippen LogP contribution is 2.19. The van der Waals surface area contributed by atoms with Crippen molar-refractivity contribution in [1.82, 2.24) is 4.31 Å². The Kier molecular flexibility index (Phi) is 6.37. The van der Waals surface area contributed by atoms with E-state index in [4.69, 9.17) is 10.2 Å². The Hall–Kier alpha value is -1.39. The summed E-state index contributed by atoms with van der Waals surface area (Å²) in [4.78, 5) is 0.176. The fourth-order valence-electron chi connectivity index (χ4n) is 1.67. The number of nitrogens with zero attached hydrogens (tertiary/aromatic N) is 1. The van der Waals surface area contributed by atoms with Crippen molar-refractivity contribution in [2.24, 2.45) is 0 Å². The topological polar surface area (TPSA) is 77.8 Å². The molecule has 0 fully saturated rings. The quantitative estimate of drug-likeness (QED) is 0.786. The molecule has 0 aliphatic heterocycles. The summed E-state index contributed by atoms with van der Waals surface area (Å²) in [6.07, 6.45) is 0.385. The van der Waals surface area contributed by atoms with E-state index in [9.17, 15) is 8.42 Å². The molecule has 0 heterocycles. The van der Waals surface area contributed by atoms with Crippen LogP contribution in [0.4, 0.5) is 0 Å². The van der Waals surface area contributed by atoms with Crippen molar-refractivity contribution in [3.63, 3.8) is 0 Å². The number of hydrogen-bond donors (Lipinski definition) is 2. The van der Waals surface area contributed by atoms with Crippen LogP contribution in [0, 0.1) is 18.8 Å². The van der Waals surface area contributed by atoms with Gasteiger partial charge in [-0.15, -0.1) is 0 Å². The third-order valence-corrected chi connectivity index (χ3v) is 5.19. The van der Waals surface area contributed by atoms with Crippen molar-refractivity contribution in [3.05, 3.63) is 29.3 Å². The van der Waals surface area contributed by atoms with Crippen LogP contribution in [0.5, 0.6) is 0 Å². The molecular formula is C15H21NO4S. The van der Waals surface area contributed by atoms with Crippen molar-refractivity contribution in [2.45, 2.75) is 31.2 Å². The molecule has 2 N–H and O–H groups in total. The highest BCUT2D eigenvalue weighted by atomic mass is 32.2. The van der Waals surface area contributed by atoms with Gasteiger partial charge in [0.2, 0.25) is 10.0 Å². The molecule has 0 aliphatic carbocycles. The second-order valence-electron chi connectivity index (χ2n) is 4.80. The summed E-state index contributed by atoms with van der Waals surface area (Å²) in [5.41, 5.74) is 1.49. The SMILES string of the molecule is Cc1cc(S(=O)(=O)N(C)C(C)CO)ccc1C#CCCO. The van der Waals surface area contributed by atoms with Crippen molar-refractivity contribution in [3.8, 4) is 11.8 Å². The Labute approximate surface area is 126 Å². The summed E-state index contributed by atoms with van der Waals surface area (Å²) in [7, 11) is -2.18. The van der Waals surface area contributed by atoms with Crippen molar-refractivity contribution in [1.29, 1.82) is 0 Å². The lowest BCUT2D eigenvalue weighted by atomic mass is 10.1. The summed E-state index contributed by atoms with van der Waals surface area (Å²) < 4.78 is 26.0. The summed E-state index contributed by atoms with van der Waals surface area (Å²) in [5, 5.41) is 17.8. The van der Waals surface area contributed by atoms with Crippen LogP contribution in [0.2, 0.25) is 0 Å². The van der Waals surface area contributed by atoms with E-state index >= 15 is 0 Å². The van der Waals surface area contributed by atoms with Gasteiger partial charge in [0.1, 0.15) is 0 Å². The smallest absolute Gasteiger partial charge is 0.243 e. The zero-order valence-electron chi connectivity index (χ0n) is 12.5. The Morgan fingerprint density at radius 2 is 2.00 bits per heavy atom. The molecule has 0 aliphatic rings. The summed E-state index contributed by atoms with van der Waals surface area (Å²) in [6, 6.07) is 4.24. The number of aryl methyl sites for hydroxylation is 1. The molecule has 0 radical (unpaired) electrons. The minimum atomic E-state index is -3.63. The van der Waals surface area contributed by atoms with E-state index in [1.54, 1.807) is 26.0 Å². The highest BCUT2D eigenvalue weighted by molar-refractivity contribution is 7.89. The van der Waals surface area contributed by atoms with Gasteiger partial charge in [-0.1, -0.05) is 11.8 Å². The minimum Gasteiger partial charge on any atom is -0.395 e. The number of benzene rings is 1. The predicted octanol–water partition coefficient (Wildman–Crippen LogP) is 0.730. The maximum Gasteiger partial charge on any atom is 0.243 e. The Balaban J connectivity index is 3.12. The van der Waals surface area contributed by atoms with Crippen molar-refractivity contribution >= 4 is 10.0 Å². The van der Waals surface area contributed by atoms with Gasteiger partial charge in [-0.25, -0.2) is 8.42 Å². The van der Waals surface area contributed by atoms with E-state index in [2.05, 4.69) is 11.8 Å². The van der Waals surface area contributed by atoms with Crippen LogP contribution in [0.3, 0.4) is 0 Å². The normalized spacial score (nSPS) is 12.9. The van der Waals surface area contributed by atoms with Gasteiger partial charge in [-0.2, -0.15) is 4.31 Å². The van der Waals surface area contributed by atoms with E-state index in [1.165, 1.54) is 13.1 Å². The number of likely N-dealkylation sites (N-methyl/N-ethyl adjacent to an activating group) is 1. The molecule has 0 amide bonds. The number of sulfonamides is 1. The third-order valence-electron chi connectivity index (χ3n) is 3.22. The molecule has 116 valence electrons. The molecule has 0 aromatic heterocycles. The lowest BCUT2D eigenvalue weighted by molar-refractivity contribution is 0.214. The standard InChI is InChI=1S/C15H21NO4S/c1-12-10-15(8-7-14(12)6-4-5-9-17)21(19,20)16(3)13(2)11-18/h7-8,10,13,17-18H,5,9,11H2,1-3H3. The highest BCUT2D eigenvalue weighted by Gasteiger charge is 2.25. The van der Waals surface area contributed by atoms with Gasteiger partial charge in [0.15, 0.2) is 0 Å². The van der Waals surface area contributed by atoms with Gasteiger partial charge in [0.05, 0.1) is 18.1 Å². The van der Waals surface area contributed by atoms with Gasteiger partial charge in [-0.05, 0) is 37.6 Å². The molecule has 1 aromatic rings. The molecule has 1 unspecified atom stereocenters. The third kappa shape index (κ3) is 4.29. The van der Waals surface area contributed by atoms with Gasteiger partial charge < -0.3 is 10.2 Å². The molecule has 1 rings (SSSR count). The first-order chi connectivity index (χ1) is 9.84. The minimum absolute atomic E-state index is 0.00233. The lowest BCUT2D eigenvalue weighted by Gasteiger charge is -2.22. The van der Waals surface area contributed by atoms with E-state index in [1.807, 2.05) is 0 Å². The fourth-order valence-corrected chi connectivity index (χ4v) is 3.11. The first kappa shape index (κ1) is 17.7. The number of hydrogen-bond acceptors (Lipinski definition) is 4. The van der Waals surface area contributed by atoms with Gasteiger partial charge >= 0.3 is 0 Å². The van der Waals surface area contributed by atoms with Crippen LogP contribution in [-0.4, -0.2) is 49.2 Å². The van der Waals surface area contributed by atoms with Gasteiger partial charge in [0.25, 0.3) is 0 Å². The fraction of sp³-hybridized carbons (Fsp3) is 0.467. The molecule has 6 heteroatoms. The van der Waals surface area contributed by atoms with Crippen LogP contribution < -0.4 is 0 Å². The number of aliphatic hydroxyl groups excluding tert-OH is 2. The largest absolute Gasteiger partial charge is 0.395 e. The van der Waals surface area contributed by atoms with E-state index in [0.717, 1.165) is 15.4 Å². The second-order valence-corrected chi connectivity index (χ2v) is 6.80. The molecule has 5 nitrogen and oxygen atoms in total. The Morgan fingerprint density at radius 1 is 1.33 bits per heavy atom. The molecular weight excluding hydrogens is 290 g/mol. The summed E-state index contributed by atoms with van der Waals surface area (Å²) in [5.74, 6) is 5.70. The van der Waals surface area contributed by atoms with Crippen LogP contribution in [0.15, 0.2) is 23.1 Å². The zero-order chi connectivity index (χ0) is 16.0. The first-order valence-corrected chi connectivity index (χ1v) is 8.08. The molecule has 0 spiro atoms. The van der Waals surface area contributed by atoms with Crippen LogP contribution in [-0.2, 0) is 10.0 Å². The average molecular weight is 311 g/mol. The first-order valence-electron chi connectivity index (χ1n) is 6.64. The van der Waals surface area contributed by atoms with E-state index in [-0.39, 0.29) is 18.1 Å². The summed E-state index contributed by atoms with van der Waals surface area (Å²) in [6.45, 7) is 3.19. The second kappa shape index (κ2) is 7.57. The molecule has 0 saturated heterocycles. The molecule has 0 bridgehead atoms. The molecule has 21 heavy (non-hydrogen) atoms. The van der Waals surface area contributed by atoms with E-state index < -0.39 is 16.1 Å². The molecule has 1 aromatic carbocycles. The number of aliphatic hydroxyl groups is 2. The average Bonchev–Trinajstić information content (AvgIpc) is 2.47. The van der Waals surface area contributed by atoms with Crippen molar-refractivity contribution < 1.29 is 18.6 Å². The van der Waals surface area contributed by atoms with Crippen molar-refractivity contribution in [2.75, 3.05) is 20.3 Å². The van der Waals surface area contributed by atoms with Crippen LogP contribution in [0.1, 0.15) is 24.5 Å². The Morgan fingerprint density at radius 3 is 2.52 bits per heavy atom. The van der Waals surface area contributed by atoms with Crippen LogP contribution >= 0.6 is 0 Å². The Bertz CT molecular complexity index is 643.